The summed E-state index contributed by atoms with van der Waals surface area (Å²) in [6, 6.07) is 8.67. The van der Waals surface area contributed by atoms with E-state index in [9.17, 15) is 10.2 Å². The van der Waals surface area contributed by atoms with Crippen LogP contribution in [0, 0.1) is 5.41 Å². The average Bonchev–Trinajstić information content (AvgIpc) is 2.47. The van der Waals surface area contributed by atoms with E-state index in [1.54, 1.807) is 0 Å². The number of rotatable bonds is 5. The molecule has 0 aromatic heterocycles. The molecular formula is C17H27NO2. The Morgan fingerprint density at radius 2 is 1.90 bits per heavy atom. The first-order chi connectivity index (χ1) is 9.48. The van der Waals surface area contributed by atoms with Crippen molar-refractivity contribution in [3.05, 3.63) is 35.4 Å². The van der Waals surface area contributed by atoms with Gasteiger partial charge in [0, 0.05) is 6.04 Å². The van der Waals surface area contributed by atoms with Gasteiger partial charge in [0.1, 0.15) is 0 Å². The third-order valence-electron chi connectivity index (χ3n) is 4.92. The number of nitrogens with one attached hydrogen (secondary N) is 1. The predicted molar refractivity (Wildman–Crippen MR) is 81.6 cm³/mol. The lowest BCUT2D eigenvalue weighted by atomic mass is 9.69. The van der Waals surface area contributed by atoms with Gasteiger partial charge in [0.05, 0.1) is 18.8 Å². The number of aliphatic hydroxyl groups is 2. The highest BCUT2D eigenvalue weighted by molar-refractivity contribution is 5.34. The van der Waals surface area contributed by atoms with Crippen LogP contribution in [0.2, 0.25) is 0 Å². The first-order valence-electron chi connectivity index (χ1n) is 7.55. The third-order valence-corrected chi connectivity index (χ3v) is 4.92. The van der Waals surface area contributed by atoms with Crippen LogP contribution in [0.15, 0.2) is 24.3 Å². The normalized spacial score (nSPS) is 21.6. The van der Waals surface area contributed by atoms with E-state index in [1.165, 1.54) is 11.1 Å². The van der Waals surface area contributed by atoms with Crippen molar-refractivity contribution >= 4 is 0 Å². The molecule has 1 unspecified atom stereocenters. The van der Waals surface area contributed by atoms with E-state index in [0.29, 0.717) is 6.42 Å². The van der Waals surface area contributed by atoms with Crippen molar-refractivity contribution in [2.24, 2.45) is 5.41 Å². The fraction of sp³-hybridized carbons (Fsp3) is 0.647. The van der Waals surface area contributed by atoms with Crippen molar-refractivity contribution in [3.63, 3.8) is 0 Å². The van der Waals surface area contributed by atoms with Crippen LogP contribution in [-0.4, -0.2) is 29.0 Å². The second kappa shape index (κ2) is 5.84. The summed E-state index contributed by atoms with van der Waals surface area (Å²) >= 11 is 0. The van der Waals surface area contributed by atoms with Crippen LogP contribution in [0.4, 0.5) is 0 Å². The lowest BCUT2D eigenvalue weighted by Gasteiger charge is -2.45. The molecule has 112 valence electrons. The van der Waals surface area contributed by atoms with Gasteiger partial charge in [-0.1, -0.05) is 45.0 Å². The molecule has 1 aromatic carbocycles. The summed E-state index contributed by atoms with van der Waals surface area (Å²) in [7, 11) is 0. The predicted octanol–water partition coefficient (Wildman–Crippen LogP) is 2.42. The highest BCUT2D eigenvalue weighted by Gasteiger charge is 2.40. The van der Waals surface area contributed by atoms with Crippen molar-refractivity contribution in [1.29, 1.82) is 0 Å². The minimum Gasteiger partial charge on any atom is -0.394 e. The summed E-state index contributed by atoms with van der Waals surface area (Å²) in [4.78, 5) is 0. The molecule has 1 atom stereocenters. The number of aryl methyl sites for hydroxylation is 1. The second-order valence-corrected chi connectivity index (χ2v) is 6.71. The van der Waals surface area contributed by atoms with E-state index in [0.717, 1.165) is 12.8 Å². The minimum absolute atomic E-state index is 0.0469. The number of aliphatic hydroxyl groups excluding tert-OH is 2. The molecule has 0 heterocycles. The van der Waals surface area contributed by atoms with Crippen LogP contribution in [0.25, 0.3) is 0 Å². The zero-order chi connectivity index (χ0) is 14.8. The van der Waals surface area contributed by atoms with E-state index in [4.69, 9.17) is 0 Å². The van der Waals surface area contributed by atoms with Crippen LogP contribution in [-0.2, 0) is 6.42 Å². The Labute approximate surface area is 122 Å². The maximum Gasteiger partial charge on any atom is 0.0650 e. The molecule has 0 aliphatic heterocycles. The van der Waals surface area contributed by atoms with E-state index >= 15 is 0 Å². The minimum atomic E-state index is -0.605. The van der Waals surface area contributed by atoms with Gasteiger partial charge in [0.2, 0.25) is 0 Å². The Balaban J connectivity index is 2.37. The van der Waals surface area contributed by atoms with Gasteiger partial charge in [0.25, 0.3) is 0 Å². The molecule has 0 spiro atoms. The highest BCUT2D eigenvalue weighted by atomic mass is 16.3. The monoisotopic (exact) mass is 277 g/mol. The second-order valence-electron chi connectivity index (χ2n) is 6.71. The SMILES string of the molecule is CCC(CO)(CO)NC1c2ccccc2CCC1(C)C. The molecule has 0 bridgehead atoms. The molecule has 1 aromatic rings. The van der Waals surface area contributed by atoms with Gasteiger partial charge >= 0.3 is 0 Å². The molecule has 3 heteroatoms. The van der Waals surface area contributed by atoms with Gasteiger partial charge in [-0.2, -0.15) is 0 Å². The maximum absolute atomic E-state index is 9.70. The summed E-state index contributed by atoms with van der Waals surface area (Å²) in [5, 5.41) is 23.0. The molecule has 1 aliphatic rings. The smallest absolute Gasteiger partial charge is 0.0650 e. The zero-order valence-electron chi connectivity index (χ0n) is 12.8. The Bertz CT molecular complexity index is 444. The van der Waals surface area contributed by atoms with Crippen molar-refractivity contribution in [1.82, 2.24) is 5.32 Å². The Morgan fingerprint density at radius 1 is 1.25 bits per heavy atom. The van der Waals surface area contributed by atoms with Gasteiger partial charge < -0.3 is 10.2 Å². The quantitative estimate of drug-likeness (QED) is 0.775. The van der Waals surface area contributed by atoms with E-state index in [-0.39, 0.29) is 24.7 Å². The summed E-state index contributed by atoms with van der Waals surface area (Å²) in [6.45, 7) is 6.43. The molecule has 0 fully saturated rings. The highest BCUT2D eigenvalue weighted by Crippen LogP contribution is 2.44. The van der Waals surface area contributed by atoms with Gasteiger partial charge in [-0.3, -0.25) is 5.32 Å². The third kappa shape index (κ3) is 2.76. The lowest BCUT2D eigenvalue weighted by Crippen LogP contribution is -2.56. The van der Waals surface area contributed by atoms with Crippen molar-refractivity contribution in [2.45, 2.75) is 51.6 Å². The molecule has 3 nitrogen and oxygen atoms in total. The summed E-state index contributed by atoms with van der Waals surface area (Å²) in [5.74, 6) is 0. The zero-order valence-corrected chi connectivity index (χ0v) is 12.8. The topological polar surface area (TPSA) is 52.5 Å². The Morgan fingerprint density at radius 3 is 2.50 bits per heavy atom. The molecule has 3 N–H and O–H groups in total. The largest absolute Gasteiger partial charge is 0.394 e. The average molecular weight is 277 g/mol. The van der Waals surface area contributed by atoms with Crippen LogP contribution in [0.3, 0.4) is 0 Å². The molecule has 0 radical (unpaired) electrons. The van der Waals surface area contributed by atoms with Crippen molar-refractivity contribution < 1.29 is 10.2 Å². The van der Waals surface area contributed by atoms with Crippen molar-refractivity contribution in [3.8, 4) is 0 Å². The van der Waals surface area contributed by atoms with Gasteiger partial charge in [0.15, 0.2) is 0 Å². The standard InChI is InChI=1S/C17H27NO2/c1-4-17(11-19,12-20)18-15-14-8-6-5-7-13(14)9-10-16(15,2)3/h5-8,15,18-20H,4,9-12H2,1-3H3. The summed E-state index contributed by atoms with van der Waals surface area (Å²) in [5.41, 5.74) is 2.19. The molecule has 20 heavy (non-hydrogen) atoms. The van der Waals surface area contributed by atoms with Gasteiger partial charge in [-0.25, -0.2) is 0 Å². The van der Waals surface area contributed by atoms with E-state index < -0.39 is 5.54 Å². The van der Waals surface area contributed by atoms with Crippen molar-refractivity contribution in [2.75, 3.05) is 13.2 Å². The number of hydrogen-bond donors (Lipinski definition) is 3. The molecule has 1 aliphatic carbocycles. The van der Waals surface area contributed by atoms with E-state index in [2.05, 4.69) is 43.4 Å². The molecule has 0 saturated carbocycles. The lowest BCUT2D eigenvalue weighted by molar-refractivity contribution is 0.0524. The van der Waals surface area contributed by atoms with E-state index in [1.807, 2.05) is 6.92 Å². The number of benzene rings is 1. The Hall–Kier alpha value is -0.900. The first kappa shape index (κ1) is 15.5. The van der Waals surface area contributed by atoms with Crippen LogP contribution in [0.1, 0.15) is 50.8 Å². The molecule has 2 rings (SSSR count). The fourth-order valence-corrected chi connectivity index (χ4v) is 3.11. The fourth-order valence-electron chi connectivity index (χ4n) is 3.11. The number of hydrogen-bond acceptors (Lipinski definition) is 3. The van der Waals surface area contributed by atoms with Gasteiger partial charge in [-0.05, 0) is 35.8 Å². The molecule has 0 amide bonds. The Kier molecular flexibility index (Phi) is 4.52. The van der Waals surface area contributed by atoms with Gasteiger partial charge in [-0.15, -0.1) is 0 Å². The molecular weight excluding hydrogens is 250 g/mol. The molecule has 0 saturated heterocycles. The summed E-state index contributed by atoms with van der Waals surface area (Å²) < 4.78 is 0. The van der Waals surface area contributed by atoms with Crippen LogP contribution in [0.5, 0.6) is 0 Å². The van der Waals surface area contributed by atoms with Crippen LogP contribution < -0.4 is 5.32 Å². The number of fused-ring (bicyclic) bond motifs is 1. The van der Waals surface area contributed by atoms with Crippen LogP contribution >= 0.6 is 0 Å². The first-order valence-corrected chi connectivity index (χ1v) is 7.55. The maximum atomic E-state index is 9.70. The summed E-state index contributed by atoms with van der Waals surface area (Å²) in [6.07, 6.45) is 2.91.